The van der Waals surface area contributed by atoms with Crippen LogP contribution >= 0.6 is 0 Å². The molecule has 67 valence electrons. The molecule has 0 aliphatic heterocycles. The van der Waals surface area contributed by atoms with Crippen LogP contribution in [0.4, 0.5) is 0 Å². The second kappa shape index (κ2) is 9.10. The second-order valence-electron chi connectivity index (χ2n) is 1.67. The van der Waals surface area contributed by atoms with Crippen LogP contribution in [-0.2, 0) is 9.59 Å². The summed E-state index contributed by atoms with van der Waals surface area (Å²) in [5, 5.41) is 4.72. The van der Waals surface area contributed by atoms with E-state index in [1.54, 1.807) is 0 Å². The Morgan fingerprint density at radius 2 is 1.42 bits per heavy atom. The van der Waals surface area contributed by atoms with E-state index in [1.165, 1.54) is 0 Å². The van der Waals surface area contributed by atoms with Gasteiger partial charge >= 0.3 is 0 Å². The molecule has 0 aliphatic rings. The van der Waals surface area contributed by atoms with E-state index >= 15 is 0 Å². The molecule has 0 aromatic carbocycles. The van der Waals surface area contributed by atoms with Crippen molar-refractivity contribution in [1.82, 2.24) is 10.6 Å². The molecule has 0 saturated carbocycles. The van der Waals surface area contributed by atoms with Crippen LogP contribution in [0.25, 0.3) is 0 Å². The summed E-state index contributed by atoms with van der Waals surface area (Å²) in [6.45, 7) is 6.56. The van der Waals surface area contributed by atoms with Crippen molar-refractivity contribution in [3.63, 3.8) is 0 Å². The van der Waals surface area contributed by atoms with E-state index in [1.807, 2.05) is 0 Å². The van der Waals surface area contributed by atoms with Crippen LogP contribution in [0.15, 0.2) is 25.3 Å². The van der Waals surface area contributed by atoms with Gasteiger partial charge in [0, 0.05) is 49.4 Å². The molecule has 0 aromatic heterocycles. The van der Waals surface area contributed by atoms with E-state index in [0.29, 0.717) is 0 Å². The molecular formula is C7H10EuN2O2. The Balaban J connectivity index is 0. The maximum absolute atomic E-state index is 10.5. The predicted octanol–water partition coefficient (Wildman–Crippen LogP) is -0.452. The molecule has 0 heterocycles. The van der Waals surface area contributed by atoms with Crippen LogP contribution < -0.4 is 10.6 Å². The van der Waals surface area contributed by atoms with Gasteiger partial charge in [0.05, 0.1) is 6.67 Å². The zero-order valence-electron chi connectivity index (χ0n) is 6.47. The number of rotatable bonds is 4. The standard InChI is InChI=1S/C7H10N2O2.Eu/c1-3-6(10)8-5-9-7(11)4-2;/h3-4H,1-2,5H2,(H,8,10)(H,9,11);. The Hall–Kier alpha value is 0.00442. The summed E-state index contributed by atoms with van der Waals surface area (Å²) in [6.07, 6.45) is 2.25. The van der Waals surface area contributed by atoms with E-state index in [4.69, 9.17) is 0 Å². The van der Waals surface area contributed by atoms with Crippen LogP contribution in [0.3, 0.4) is 0 Å². The van der Waals surface area contributed by atoms with Crippen molar-refractivity contribution >= 4 is 11.8 Å². The molecule has 1 radical (unpaired) electrons. The summed E-state index contributed by atoms with van der Waals surface area (Å²) in [7, 11) is 0. The molecule has 0 saturated heterocycles. The van der Waals surface area contributed by atoms with E-state index in [-0.39, 0.29) is 67.9 Å². The molecule has 5 heteroatoms. The fourth-order valence-electron chi connectivity index (χ4n) is 0.363. The van der Waals surface area contributed by atoms with Gasteiger partial charge in [-0.05, 0) is 12.2 Å². The number of nitrogens with one attached hydrogen (secondary N) is 2. The number of hydrogen-bond acceptors (Lipinski definition) is 2. The average Bonchev–Trinajstić information content (AvgIpc) is 2.04. The Morgan fingerprint density at radius 1 is 1.08 bits per heavy atom. The van der Waals surface area contributed by atoms with Crippen molar-refractivity contribution in [3.05, 3.63) is 25.3 Å². The van der Waals surface area contributed by atoms with Gasteiger partial charge in [-0.15, -0.1) is 0 Å². The third kappa shape index (κ3) is 8.10. The van der Waals surface area contributed by atoms with Gasteiger partial charge < -0.3 is 10.6 Å². The molecule has 0 aliphatic carbocycles. The third-order valence-corrected chi connectivity index (χ3v) is 0.896. The fraction of sp³-hybridized carbons (Fsp3) is 0.143. The summed E-state index contributed by atoms with van der Waals surface area (Å²) in [6, 6.07) is 0. The quantitative estimate of drug-likeness (QED) is 0.546. The van der Waals surface area contributed by atoms with E-state index < -0.39 is 0 Å². The summed E-state index contributed by atoms with van der Waals surface area (Å²) in [5.74, 6) is -0.649. The molecule has 2 amide bonds. The summed E-state index contributed by atoms with van der Waals surface area (Å²) in [4.78, 5) is 21.0. The molecule has 0 rings (SSSR count). The molecule has 0 unspecified atom stereocenters. The van der Waals surface area contributed by atoms with Gasteiger partial charge in [0.2, 0.25) is 11.8 Å². The number of carbonyl (C=O) groups is 2. The minimum Gasteiger partial charge on any atom is -0.335 e. The van der Waals surface area contributed by atoms with Crippen molar-refractivity contribution in [1.29, 1.82) is 0 Å². The molecule has 12 heavy (non-hydrogen) atoms. The minimum absolute atomic E-state index is 0. The summed E-state index contributed by atoms with van der Waals surface area (Å²) >= 11 is 0. The first-order chi connectivity index (χ1) is 5.20. The van der Waals surface area contributed by atoms with Crippen LogP contribution in [-0.4, -0.2) is 18.5 Å². The first-order valence-corrected chi connectivity index (χ1v) is 3.01. The molecule has 0 atom stereocenters. The number of amides is 2. The van der Waals surface area contributed by atoms with Crippen LogP contribution in [0.2, 0.25) is 0 Å². The Kier molecular flexibility index (Phi) is 11.0. The monoisotopic (exact) mass is 307 g/mol. The van der Waals surface area contributed by atoms with Crippen molar-refractivity contribution in [2.24, 2.45) is 0 Å². The van der Waals surface area contributed by atoms with Crippen molar-refractivity contribution in [2.45, 2.75) is 0 Å². The molecule has 0 spiro atoms. The molecular weight excluding hydrogens is 296 g/mol. The van der Waals surface area contributed by atoms with Gasteiger partial charge in [-0.1, -0.05) is 13.2 Å². The van der Waals surface area contributed by atoms with Crippen LogP contribution in [0.1, 0.15) is 0 Å². The van der Waals surface area contributed by atoms with Crippen LogP contribution in [0.5, 0.6) is 0 Å². The molecule has 4 nitrogen and oxygen atoms in total. The smallest absolute Gasteiger partial charge is 0.244 e. The Labute approximate surface area is 112 Å². The fourth-order valence-corrected chi connectivity index (χ4v) is 0.363. The zero-order valence-corrected chi connectivity index (χ0v) is 8.90. The van der Waals surface area contributed by atoms with Gasteiger partial charge in [0.25, 0.3) is 0 Å². The van der Waals surface area contributed by atoms with Gasteiger partial charge in [0.15, 0.2) is 0 Å². The summed E-state index contributed by atoms with van der Waals surface area (Å²) < 4.78 is 0. The second-order valence-corrected chi connectivity index (χ2v) is 1.67. The molecule has 0 bridgehead atoms. The normalized spacial score (nSPS) is 7.33. The van der Waals surface area contributed by atoms with Crippen molar-refractivity contribution in [3.8, 4) is 0 Å². The van der Waals surface area contributed by atoms with Gasteiger partial charge in [0.1, 0.15) is 0 Å². The van der Waals surface area contributed by atoms with Gasteiger partial charge in [-0.3, -0.25) is 9.59 Å². The van der Waals surface area contributed by atoms with E-state index in [2.05, 4.69) is 23.8 Å². The average molecular weight is 306 g/mol. The maximum atomic E-state index is 10.5. The largest absolute Gasteiger partial charge is 0.335 e. The summed E-state index contributed by atoms with van der Waals surface area (Å²) in [5.41, 5.74) is 0. The van der Waals surface area contributed by atoms with Crippen molar-refractivity contribution < 1.29 is 59.0 Å². The molecule has 0 aromatic rings. The molecule has 0 fully saturated rings. The Morgan fingerprint density at radius 3 is 1.67 bits per heavy atom. The van der Waals surface area contributed by atoms with Crippen LogP contribution in [0, 0.1) is 49.4 Å². The topological polar surface area (TPSA) is 58.2 Å². The number of hydrogen-bond donors (Lipinski definition) is 2. The maximum Gasteiger partial charge on any atom is 0.244 e. The number of carbonyl (C=O) groups excluding carboxylic acids is 2. The predicted molar refractivity (Wildman–Crippen MR) is 41.5 cm³/mol. The zero-order chi connectivity index (χ0) is 8.69. The Bertz CT molecular complexity index is 172. The third-order valence-electron chi connectivity index (χ3n) is 0.896. The first kappa shape index (κ1) is 14.5. The SMILES string of the molecule is C=CC(=O)NCNC(=O)C=C.[Eu]. The molecule has 2 N–H and O–H groups in total. The minimum atomic E-state index is -0.325. The van der Waals surface area contributed by atoms with E-state index in [9.17, 15) is 9.59 Å². The van der Waals surface area contributed by atoms with E-state index in [0.717, 1.165) is 12.2 Å². The van der Waals surface area contributed by atoms with Gasteiger partial charge in [-0.2, -0.15) is 0 Å². The van der Waals surface area contributed by atoms with Crippen molar-refractivity contribution in [2.75, 3.05) is 6.67 Å². The van der Waals surface area contributed by atoms with Gasteiger partial charge in [-0.25, -0.2) is 0 Å². The first-order valence-electron chi connectivity index (χ1n) is 3.01.